The van der Waals surface area contributed by atoms with Crippen molar-refractivity contribution in [3.8, 4) is 5.69 Å². The fourth-order valence-corrected chi connectivity index (χ4v) is 4.86. The highest BCUT2D eigenvalue weighted by Crippen LogP contribution is 2.36. The van der Waals surface area contributed by atoms with E-state index in [0.717, 1.165) is 60.4 Å². The normalized spacial score (nSPS) is 15.5. The first kappa shape index (κ1) is 39.6. The molecule has 3 heterocycles. The molecule has 6 nitrogen and oxygen atoms in total. The number of hydrogen-bond acceptors (Lipinski definition) is 4. The number of halogens is 10. The molecule has 1 amide bonds. The molecule has 1 atom stereocenters. The van der Waals surface area contributed by atoms with E-state index < -0.39 is 0 Å². The second kappa shape index (κ2) is 20.5. The quantitative estimate of drug-likeness (QED) is 0.199. The maximum absolute atomic E-state index is 13.6. The summed E-state index contributed by atoms with van der Waals surface area (Å²) in [5.41, 5.74) is 5.38. The third-order valence-corrected chi connectivity index (χ3v) is 6.69. The van der Waals surface area contributed by atoms with Crippen molar-refractivity contribution >= 4 is 17.9 Å². The van der Waals surface area contributed by atoms with E-state index >= 15 is 0 Å². The number of amides is 1. The van der Waals surface area contributed by atoms with Gasteiger partial charge in [-0.2, -0.15) is 0 Å². The van der Waals surface area contributed by atoms with Gasteiger partial charge in [-0.25, -0.2) is 14.4 Å². The lowest BCUT2D eigenvalue weighted by Crippen LogP contribution is -2.51. The molecule has 44 heavy (non-hydrogen) atoms. The molecule has 0 unspecified atom stereocenters. The van der Waals surface area contributed by atoms with E-state index in [1.807, 2.05) is 35.9 Å². The van der Waals surface area contributed by atoms with Crippen LogP contribution in [0.5, 0.6) is 0 Å². The number of aryl methyl sites for hydroxylation is 2. The molecule has 0 bridgehead atoms. The molecule has 2 aliphatic heterocycles. The summed E-state index contributed by atoms with van der Waals surface area (Å²) in [5.74, 6) is 0.320. The Morgan fingerprint density at radius 3 is 2.14 bits per heavy atom. The maximum atomic E-state index is 13.6. The maximum Gasteiger partial charge on any atom is 0.279 e. The van der Waals surface area contributed by atoms with Gasteiger partial charge in [-0.1, -0.05) is 31.5 Å². The van der Waals surface area contributed by atoms with Crippen LogP contribution >= 0.6 is 0 Å². The second-order valence-electron chi connectivity index (χ2n) is 9.28. The standard InChI is InChI=1S/C28H30FN5O.4F2.FH/c1-4-5-13-32-14-12-26(22-7-9-23(29)10-8-22)34-27(35)24(31-28(32)34)16-21-6-11-25(19(2)15-21)33-17-20(3)30-18-33;4*1-2;/h6-11,15-18,26H,4-5,12-14H2,1-3H3;;;;;1H/b24-16-;;;;;/t26-;;;;;/m1...../s1. The number of unbranched alkanes of at least 4 members (excludes halogenated alkanes) is 1. The average Bonchev–Trinajstić information content (AvgIpc) is 3.63. The molecule has 0 spiro atoms. The fraction of sp³-hybridized carbons (Fsp3) is 0.321. The van der Waals surface area contributed by atoms with Crippen LogP contribution in [0.2, 0.25) is 0 Å². The van der Waals surface area contributed by atoms with Crippen molar-refractivity contribution in [2.75, 3.05) is 13.1 Å². The van der Waals surface area contributed by atoms with Crippen molar-refractivity contribution in [3.05, 3.63) is 88.9 Å². The van der Waals surface area contributed by atoms with Gasteiger partial charge in [-0.05, 0) is 73.7 Å². The number of guanidine groups is 1. The Morgan fingerprint density at radius 2 is 1.59 bits per heavy atom. The highest BCUT2D eigenvalue weighted by Gasteiger charge is 2.42. The van der Waals surface area contributed by atoms with Gasteiger partial charge in [0.1, 0.15) is 11.5 Å². The molecule has 0 N–H and O–H groups in total. The summed E-state index contributed by atoms with van der Waals surface area (Å²) < 4.78 is 79.6. The van der Waals surface area contributed by atoms with Crippen molar-refractivity contribution < 1.29 is 50.5 Å². The number of fused-ring (bicyclic) bond motifs is 1. The van der Waals surface area contributed by atoms with Gasteiger partial charge >= 0.3 is 0 Å². The first-order valence-corrected chi connectivity index (χ1v) is 12.8. The lowest BCUT2D eigenvalue weighted by atomic mass is 9.99. The van der Waals surface area contributed by atoms with Crippen molar-refractivity contribution in [2.24, 2.45) is 4.99 Å². The van der Waals surface area contributed by atoms with E-state index in [-0.39, 0.29) is 22.5 Å². The van der Waals surface area contributed by atoms with Gasteiger partial charge in [0.15, 0.2) is 0 Å². The SMILES string of the molecule is CCCCN1CC[C@H](c2ccc(F)cc2)N2C(=O)/C(=C/c3ccc(-n4cnc(C)c4)c(C)c3)N=C12.F.FF.FF.FF.FF. The minimum absolute atomic E-state index is 0. The Kier molecular flexibility index (Phi) is 18.5. The van der Waals surface area contributed by atoms with Crippen molar-refractivity contribution in [1.29, 1.82) is 0 Å². The zero-order valence-corrected chi connectivity index (χ0v) is 23.8. The monoisotopic (exact) mass is 643 g/mol. The number of aliphatic imine (C=N–C) groups is 1. The van der Waals surface area contributed by atoms with Crippen LogP contribution in [0.15, 0.2) is 65.7 Å². The third kappa shape index (κ3) is 9.57. The molecule has 2 aromatic carbocycles. The van der Waals surface area contributed by atoms with Gasteiger partial charge in [0.2, 0.25) is 5.96 Å². The summed E-state index contributed by atoms with van der Waals surface area (Å²) in [6.07, 6.45) is 8.56. The smallest absolute Gasteiger partial charge is 0.279 e. The molecule has 2 aliphatic rings. The number of hydrogen-bond donors (Lipinski definition) is 0. The molecule has 1 fully saturated rings. The largest absolute Gasteiger partial charge is 0.342 e. The van der Waals surface area contributed by atoms with Crippen LogP contribution in [0.1, 0.15) is 54.6 Å². The Balaban J connectivity index is 0.00000190. The predicted molar refractivity (Wildman–Crippen MR) is 147 cm³/mol. The van der Waals surface area contributed by atoms with E-state index in [1.165, 1.54) is 12.1 Å². The molecule has 1 aromatic heterocycles. The summed E-state index contributed by atoms with van der Waals surface area (Å²) in [5, 5.41) is 0. The molecule has 5 rings (SSSR count). The number of aromatic nitrogens is 2. The van der Waals surface area contributed by atoms with Gasteiger partial charge in [-0.3, -0.25) is 14.4 Å². The van der Waals surface area contributed by atoms with Gasteiger partial charge < -0.3 is 9.47 Å². The van der Waals surface area contributed by atoms with Crippen LogP contribution in [-0.4, -0.2) is 44.3 Å². The van der Waals surface area contributed by atoms with Gasteiger partial charge in [0.05, 0.1) is 18.1 Å². The lowest BCUT2D eigenvalue weighted by molar-refractivity contribution is -0.125. The number of benzene rings is 2. The molecule has 244 valence electrons. The van der Waals surface area contributed by atoms with E-state index in [4.69, 9.17) is 41.6 Å². The Morgan fingerprint density at radius 1 is 0.955 bits per heavy atom. The molecule has 0 radical (unpaired) electrons. The molecular formula is C28H31F10N5O. The molecule has 0 saturated carbocycles. The predicted octanol–water partition coefficient (Wildman–Crippen LogP) is 8.93. The first-order valence-electron chi connectivity index (χ1n) is 12.8. The van der Waals surface area contributed by atoms with E-state index in [0.29, 0.717) is 11.7 Å². The molecule has 0 aliphatic carbocycles. The van der Waals surface area contributed by atoms with Crippen LogP contribution in [0, 0.1) is 19.7 Å². The zero-order chi connectivity index (χ0) is 32.5. The first-order chi connectivity index (χ1) is 20.9. The lowest BCUT2D eigenvalue weighted by Gasteiger charge is -2.40. The Bertz CT molecular complexity index is 1330. The van der Waals surface area contributed by atoms with Crippen LogP contribution in [0.25, 0.3) is 11.8 Å². The van der Waals surface area contributed by atoms with Gasteiger partial charge in [0.25, 0.3) is 5.91 Å². The number of carbonyl (C=O) groups excluding carboxylic acids is 1. The number of nitrogens with zero attached hydrogens (tertiary/aromatic N) is 5. The van der Waals surface area contributed by atoms with E-state index in [9.17, 15) is 9.18 Å². The average molecular weight is 644 g/mol. The summed E-state index contributed by atoms with van der Waals surface area (Å²) in [6.45, 7) is 7.85. The highest BCUT2D eigenvalue weighted by molar-refractivity contribution is 6.14. The van der Waals surface area contributed by atoms with Crippen LogP contribution in [0.3, 0.4) is 0 Å². The zero-order valence-electron chi connectivity index (χ0n) is 23.8. The van der Waals surface area contributed by atoms with E-state index in [1.54, 1.807) is 23.4 Å². The number of carbonyl (C=O) groups is 1. The molecule has 1 saturated heterocycles. The Hall–Kier alpha value is -4.37. The van der Waals surface area contributed by atoms with Crippen molar-refractivity contribution in [3.63, 3.8) is 0 Å². The molecule has 16 heteroatoms. The van der Waals surface area contributed by atoms with Crippen LogP contribution < -0.4 is 0 Å². The Labute approximate surface area is 246 Å². The van der Waals surface area contributed by atoms with Gasteiger partial charge in [0, 0.05) is 61.6 Å². The summed E-state index contributed by atoms with van der Waals surface area (Å²) in [6, 6.07) is 12.4. The minimum atomic E-state index is -0.277. The summed E-state index contributed by atoms with van der Waals surface area (Å²) in [4.78, 5) is 26.8. The van der Waals surface area contributed by atoms with Crippen LogP contribution in [-0.2, 0) is 4.79 Å². The third-order valence-electron chi connectivity index (χ3n) is 6.69. The highest BCUT2D eigenvalue weighted by atomic mass is 20.0. The molecular weight excluding hydrogens is 612 g/mol. The van der Waals surface area contributed by atoms with Gasteiger partial charge in [-0.15, -0.1) is 0 Å². The number of rotatable bonds is 6. The summed E-state index contributed by atoms with van der Waals surface area (Å²) in [7, 11) is 0. The van der Waals surface area contributed by atoms with Crippen LogP contribution in [0.4, 0.5) is 45.7 Å². The van der Waals surface area contributed by atoms with E-state index in [2.05, 4.69) is 29.8 Å². The summed E-state index contributed by atoms with van der Waals surface area (Å²) >= 11 is 0. The van der Waals surface area contributed by atoms with Crippen molar-refractivity contribution in [1.82, 2.24) is 19.4 Å². The minimum Gasteiger partial charge on any atom is -0.342 e. The number of imidazole rings is 1. The van der Waals surface area contributed by atoms with Crippen molar-refractivity contribution in [2.45, 2.75) is 46.1 Å². The topological polar surface area (TPSA) is 53.7 Å². The second-order valence-corrected chi connectivity index (χ2v) is 9.28. The molecule has 3 aromatic rings. The fourth-order valence-electron chi connectivity index (χ4n) is 4.86.